The van der Waals surface area contributed by atoms with Crippen molar-refractivity contribution in [3.63, 3.8) is 0 Å². The molecule has 1 aromatic heterocycles. The molecule has 3 aromatic rings. The Labute approximate surface area is 184 Å². The second kappa shape index (κ2) is 8.42. The van der Waals surface area contributed by atoms with Crippen molar-refractivity contribution in [2.45, 2.75) is 25.3 Å². The largest absolute Gasteiger partial charge is 0.507 e. The van der Waals surface area contributed by atoms with Gasteiger partial charge in [0.25, 0.3) is 0 Å². The van der Waals surface area contributed by atoms with Crippen LogP contribution in [-0.2, 0) is 0 Å². The SMILES string of the molecule is CCN1CC[C@H](c2c(O)cc(O)c3c(=O)cc(-c4cc(OC)ccc4Cl)oc23)[C@H]1CO. The number of aromatic hydroxyl groups is 2. The minimum Gasteiger partial charge on any atom is -0.507 e. The molecule has 0 radical (unpaired) electrons. The molecule has 0 spiro atoms. The van der Waals surface area contributed by atoms with Crippen molar-refractivity contribution in [2.24, 2.45) is 0 Å². The molecule has 2 heterocycles. The molecule has 1 aliphatic rings. The van der Waals surface area contributed by atoms with Gasteiger partial charge in [0.1, 0.15) is 34.0 Å². The highest BCUT2D eigenvalue weighted by molar-refractivity contribution is 6.33. The molecule has 4 rings (SSSR count). The Morgan fingerprint density at radius 2 is 2.00 bits per heavy atom. The van der Waals surface area contributed by atoms with Crippen LogP contribution in [-0.4, -0.2) is 53.1 Å². The number of phenols is 2. The summed E-state index contributed by atoms with van der Waals surface area (Å²) in [4.78, 5) is 15.1. The number of halogens is 1. The van der Waals surface area contributed by atoms with E-state index >= 15 is 0 Å². The van der Waals surface area contributed by atoms with Gasteiger partial charge >= 0.3 is 0 Å². The predicted molar refractivity (Wildman–Crippen MR) is 118 cm³/mol. The number of ether oxygens (including phenoxy) is 1. The Morgan fingerprint density at radius 3 is 2.68 bits per heavy atom. The zero-order valence-corrected chi connectivity index (χ0v) is 18.0. The molecule has 3 N–H and O–H groups in total. The second-order valence-electron chi connectivity index (χ2n) is 7.63. The van der Waals surface area contributed by atoms with Gasteiger partial charge < -0.3 is 24.5 Å². The highest BCUT2D eigenvalue weighted by Crippen LogP contribution is 2.45. The van der Waals surface area contributed by atoms with E-state index in [1.807, 2.05) is 6.92 Å². The Kier molecular flexibility index (Phi) is 5.83. The second-order valence-corrected chi connectivity index (χ2v) is 8.03. The average Bonchev–Trinajstić information content (AvgIpc) is 3.16. The number of fused-ring (bicyclic) bond motifs is 1. The lowest BCUT2D eigenvalue weighted by atomic mass is 9.89. The fourth-order valence-electron chi connectivity index (χ4n) is 4.52. The van der Waals surface area contributed by atoms with Gasteiger partial charge in [-0.05, 0) is 37.7 Å². The van der Waals surface area contributed by atoms with E-state index in [-0.39, 0.29) is 46.8 Å². The average molecular weight is 446 g/mol. The van der Waals surface area contributed by atoms with E-state index in [1.165, 1.54) is 13.2 Å². The summed E-state index contributed by atoms with van der Waals surface area (Å²) >= 11 is 6.35. The summed E-state index contributed by atoms with van der Waals surface area (Å²) < 4.78 is 11.4. The fourth-order valence-corrected chi connectivity index (χ4v) is 4.73. The van der Waals surface area contributed by atoms with E-state index < -0.39 is 5.43 Å². The maximum absolute atomic E-state index is 13.0. The van der Waals surface area contributed by atoms with Crippen molar-refractivity contribution in [1.82, 2.24) is 4.90 Å². The van der Waals surface area contributed by atoms with Gasteiger partial charge in [-0.2, -0.15) is 0 Å². The molecule has 0 amide bonds. The Morgan fingerprint density at radius 1 is 1.23 bits per heavy atom. The Bertz CT molecular complexity index is 1190. The van der Waals surface area contributed by atoms with Crippen LogP contribution in [0.4, 0.5) is 0 Å². The zero-order chi connectivity index (χ0) is 22.3. The van der Waals surface area contributed by atoms with E-state index in [0.29, 0.717) is 28.3 Å². The number of likely N-dealkylation sites (N-methyl/N-ethyl adjacent to an activating group) is 1. The lowest BCUT2D eigenvalue weighted by Gasteiger charge is -2.26. The Balaban J connectivity index is 1.99. The number of rotatable bonds is 5. The topological polar surface area (TPSA) is 103 Å². The summed E-state index contributed by atoms with van der Waals surface area (Å²) in [7, 11) is 1.52. The lowest BCUT2D eigenvalue weighted by Crippen LogP contribution is -2.35. The highest BCUT2D eigenvalue weighted by atomic mass is 35.5. The third-order valence-electron chi connectivity index (χ3n) is 6.06. The third kappa shape index (κ3) is 3.63. The van der Waals surface area contributed by atoms with Crippen molar-refractivity contribution >= 4 is 22.6 Å². The van der Waals surface area contributed by atoms with Gasteiger partial charge in [-0.15, -0.1) is 0 Å². The van der Waals surface area contributed by atoms with Gasteiger partial charge in [0.2, 0.25) is 0 Å². The molecule has 31 heavy (non-hydrogen) atoms. The number of phenolic OH excluding ortho intramolecular Hbond substituents is 2. The molecule has 1 aliphatic heterocycles. The van der Waals surface area contributed by atoms with Crippen LogP contribution in [0.1, 0.15) is 24.8 Å². The third-order valence-corrected chi connectivity index (χ3v) is 6.39. The summed E-state index contributed by atoms with van der Waals surface area (Å²) in [6.45, 7) is 3.38. The summed E-state index contributed by atoms with van der Waals surface area (Å²) in [6, 6.07) is 7.17. The van der Waals surface area contributed by atoms with Crippen LogP contribution in [0.3, 0.4) is 0 Å². The molecule has 8 heteroatoms. The van der Waals surface area contributed by atoms with Gasteiger partial charge in [-0.3, -0.25) is 9.69 Å². The van der Waals surface area contributed by atoms with Gasteiger partial charge in [0.15, 0.2) is 5.43 Å². The monoisotopic (exact) mass is 445 g/mol. The summed E-state index contributed by atoms with van der Waals surface area (Å²) in [6.07, 6.45) is 0.667. The molecule has 0 aliphatic carbocycles. The molecule has 2 atom stereocenters. The minimum absolute atomic E-state index is 0.0118. The molecule has 1 fully saturated rings. The zero-order valence-electron chi connectivity index (χ0n) is 17.3. The van der Waals surface area contributed by atoms with Gasteiger partial charge in [-0.25, -0.2) is 0 Å². The number of hydrogen-bond donors (Lipinski definition) is 3. The molecular formula is C23H24ClNO6. The maximum Gasteiger partial charge on any atom is 0.197 e. The lowest BCUT2D eigenvalue weighted by molar-refractivity contribution is 0.155. The number of aliphatic hydroxyl groups excluding tert-OH is 1. The summed E-state index contributed by atoms with van der Waals surface area (Å²) in [5.74, 6) is -0.0794. The van der Waals surface area contributed by atoms with Crippen LogP contribution in [0, 0.1) is 0 Å². The first kappa shape index (κ1) is 21.5. The quantitative estimate of drug-likeness (QED) is 0.550. The van der Waals surface area contributed by atoms with E-state index in [0.717, 1.165) is 19.2 Å². The highest BCUT2D eigenvalue weighted by Gasteiger charge is 2.37. The van der Waals surface area contributed by atoms with Gasteiger partial charge in [0.05, 0.1) is 18.7 Å². The van der Waals surface area contributed by atoms with E-state index in [9.17, 15) is 20.1 Å². The molecular weight excluding hydrogens is 422 g/mol. The number of likely N-dealkylation sites (tertiary alicyclic amines) is 1. The van der Waals surface area contributed by atoms with Gasteiger partial charge in [-0.1, -0.05) is 18.5 Å². The first-order valence-electron chi connectivity index (χ1n) is 10.1. The number of benzene rings is 2. The molecule has 164 valence electrons. The molecule has 0 bridgehead atoms. The molecule has 0 unspecified atom stereocenters. The van der Waals surface area contributed by atoms with E-state index in [4.69, 9.17) is 20.8 Å². The van der Waals surface area contributed by atoms with Gasteiger partial charge in [0, 0.05) is 35.2 Å². The number of nitrogens with zero attached hydrogens (tertiary/aromatic N) is 1. The number of hydrogen-bond acceptors (Lipinski definition) is 7. The van der Waals surface area contributed by atoms with Crippen molar-refractivity contribution in [1.29, 1.82) is 0 Å². The van der Waals surface area contributed by atoms with Crippen LogP contribution >= 0.6 is 11.6 Å². The van der Waals surface area contributed by atoms with E-state index in [1.54, 1.807) is 18.2 Å². The van der Waals surface area contributed by atoms with Crippen molar-refractivity contribution in [3.8, 4) is 28.6 Å². The van der Waals surface area contributed by atoms with Crippen LogP contribution in [0.2, 0.25) is 5.02 Å². The van der Waals surface area contributed by atoms with Crippen LogP contribution in [0.25, 0.3) is 22.3 Å². The van der Waals surface area contributed by atoms with Crippen LogP contribution in [0.5, 0.6) is 17.2 Å². The van der Waals surface area contributed by atoms with Crippen molar-refractivity contribution in [3.05, 3.63) is 51.1 Å². The molecule has 7 nitrogen and oxygen atoms in total. The maximum atomic E-state index is 13.0. The summed E-state index contributed by atoms with van der Waals surface area (Å²) in [5, 5.41) is 31.5. The van der Waals surface area contributed by atoms with Crippen molar-refractivity contribution < 1.29 is 24.5 Å². The van der Waals surface area contributed by atoms with Crippen LogP contribution < -0.4 is 10.2 Å². The van der Waals surface area contributed by atoms with Crippen LogP contribution in [0.15, 0.2) is 39.5 Å². The smallest absolute Gasteiger partial charge is 0.197 e. The standard InChI is InChI=1S/C23H24ClNO6/c1-3-25-7-6-13(16(25)11-26)21-17(27)9-18(28)22-19(29)10-20(31-23(21)22)14-8-12(30-2)4-5-15(14)24/h4-5,8-10,13,16,26-28H,3,6-7,11H2,1-2H3/t13-,16+/m0/s1. The summed E-state index contributed by atoms with van der Waals surface area (Å²) in [5.41, 5.74) is 0.495. The van der Waals surface area contributed by atoms with E-state index in [2.05, 4.69) is 4.90 Å². The predicted octanol–water partition coefficient (Wildman–Crippen LogP) is 3.70. The Hall–Kier alpha value is -2.74. The first-order chi connectivity index (χ1) is 14.9. The molecule has 2 aromatic carbocycles. The fraction of sp³-hybridized carbons (Fsp3) is 0.348. The molecule has 1 saturated heterocycles. The number of aliphatic hydroxyl groups is 1. The normalized spacial score (nSPS) is 19.2. The number of methoxy groups -OCH3 is 1. The molecule has 0 saturated carbocycles. The minimum atomic E-state index is -0.459. The van der Waals surface area contributed by atoms with Crippen molar-refractivity contribution in [2.75, 3.05) is 26.8 Å². The first-order valence-corrected chi connectivity index (χ1v) is 10.5.